The van der Waals surface area contributed by atoms with Crippen LogP contribution in [0.1, 0.15) is 17.5 Å². The van der Waals surface area contributed by atoms with E-state index in [1.807, 2.05) is 0 Å². The zero-order valence-corrected chi connectivity index (χ0v) is 10.3. The van der Waals surface area contributed by atoms with Crippen molar-refractivity contribution in [3.8, 4) is 0 Å². The van der Waals surface area contributed by atoms with E-state index in [1.54, 1.807) is 18.2 Å². The van der Waals surface area contributed by atoms with Crippen molar-refractivity contribution in [2.45, 2.75) is 12.8 Å². The Morgan fingerprint density at radius 2 is 1.71 bits per heavy atom. The minimum atomic E-state index is -2.44. The molecular weight excluding hydrogens is 262 g/mol. The molecule has 0 fully saturated rings. The second-order valence-corrected chi connectivity index (χ2v) is 5.71. The lowest BCUT2D eigenvalue weighted by atomic mass is 9.91. The van der Waals surface area contributed by atoms with Gasteiger partial charge in [0.25, 0.3) is 0 Å². The summed E-state index contributed by atoms with van der Waals surface area (Å²) >= 11 is 0. The average molecular weight is 271 g/mol. The summed E-state index contributed by atoms with van der Waals surface area (Å²) in [4.78, 5) is 0.263. The van der Waals surface area contributed by atoms with Crippen molar-refractivity contribution in [3.63, 3.8) is 0 Å². The number of nitrogens with two attached hydrogens (primary N) is 1. The second kappa shape index (κ2) is 4.34. The third-order valence-electron chi connectivity index (χ3n) is 2.62. The first-order chi connectivity index (χ1) is 7.99. The molecule has 0 heterocycles. The van der Waals surface area contributed by atoms with Crippen LogP contribution in [0.4, 0.5) is 5.69 Å². The van der Waals surface area contributed by atoms with E-state index in [-0.39, 0.29) is 22.6 Å². The van der Waals surface area contributed by atoms with E-state index in [1.165, 1.54) is 0 Å². The van der Waals surface area contributed by atoms with Gasteiger partial charge in [-0.25, -0.2) is 0 Å². The van der Waals surface area contributed by atoms with Gasteiger partial charge in [0, 0.05) is 18.5 Å². The number of benzene rings is 1. The van der Waals surface area contributed by atoms with E-state index < -0.39 is 20.6 Å². The third kappa shape index (κ3) is 2.25. The summed E-state index contributed by atoms with van der Waals surface area (Å²) < 4.78 is 44.1. The molecule has 90 valence electrons. The summed E-state index contributed by atoms with van der Waals surface area (Å²) in [5.41, 5.74) is 7.24. The molecule has 2 rings (SSSR count). The lowest BCUT2D eigenvalue weighted by Gasteiger charge is -2.16. The largest absolute Gasteiger partial charge is 0.399 e. The van der Waals surface area contributed by atoms with Gasteiger partial charge in [-0.15, -0.1) is 0 Å². The van der Waals surface area contributed by atoms with Crippen molar-refractivity contribution < 1.29 is 16.8 Å². The molecule has 0 radical (unpaired) electrons. The summed E-state index contributed by atoms with van der Waals surface area (Å²) in [6, 6.07) is 4.84. The van der Waals surface area contributed by atoms with E-state index in [2.05, 4.69) is 0 Å². The quantitative estimate of drug-likeness (QED) is 0.515. The normalized spacial score (nSPS) is 14.4. The molecule has 1 aromatic rings. The van der Waals surface area contributed by atoms with Crippen molar-refractivity contribution in [3.05, 3.63) is 29.3 Å². The van der Waals surface area contributed by atoms with Crippen LogP contribution in [0.25, 0.3) is 0 Å². The Kier molecular flexibility index (Phi) is 3.03. The topological polar surface area (TPSA) is 94.3 Å². The van der Waals surface area contributed by atoms with Gasteiger partial charge in [-0.05, 0) is 23.3 Å². The Labute approximate surface area is 101 Å². The molecule has 0 atom stereocenters. The molecule has 17 heavy (non-hydrogen) atoms. The first-order valence-corrected chi connectivity index (χ1v) is 6.92. The highest BCUT2D eigenvalue weighted by Gasteiger charge is 2.22. The molecule has 0 saturated heterocycles. The SMILES string of the molecule is Nc1ccc2c(c1)C(=S(=O)=O)CC(=S(=O)=O)C2. The van der Waals surface area contributed by atoms with Gasteiger partial charge in [-0.1, -0.05) is 6.07 Å². The summed E-state index contributed by atoms with van der Waals surface area (Å²) in [5.74, 6) is 0. The molecule has 5 nitrogen and oxygen atoms in total. The Morgan fingerprint density at radius 3 is 2.29 bits per heavy atom. The number of anilines is 1. The van der Waals surface area contributed by atoms with Crippen molar-refractivity contribution in [2.24, 2.45) is 0 Å². The number of nitrogen functional groups attached to an aromatic ring is 1. The fourth-order valence-electron chi connectivity index (χ4n) is 1.82. The highest BCUT2D eigenvalue weighted by atomic mass is 32.2. The maximum atomic E-state index is 11.1. The van der Waals surface area contributed by atoms with Crippen molar-refractivity contribution >= 4 is 36.0 Å². The second-order valence-electron chi connectivity index (χ2n) is 3.70. The Hall–Kier alpha value is -1.60. The first-order valence-electron chi connectivity index (χ1n) is 4.77. The van der Waals surface area contributed by atoms with Gasteiger partial charge >= 0.3 is 0 Å². The molecule has 0 bridgehead atoms. The molecule has 0 spiro atoms. The van der Waals surface area contributed by atoms with E-state index in [9.17, 15) is 16.8 Å². The Morgan fingerprint density at radius 1 is 1.00 bits per heavy atom. The minimum Gasteiger partial charge on any atom is -0.399 e. The van der Waals surface area contributed by atoms with Crippen LogP contribution in [0.15, 0.2) is 18.2 Å². The van der Waals surface area contributed by atoms with Gasteiger partial charge in [0.05, 0.1) is 9.73 Å². The van der Waals surface area contributed by atoms with E-state index in [0.717, 1.165) is 0 Å². The highest BCUT2D eigenvalue weighted by molar-refractivity contribution is 7.75. The number of hydrogen-bond acceptors (Lipinski definition) is 5. The third-order valence-corrected chi connectivity index (χ3v) is 4.14. The van der Waals surface area contributed by atoms with Crippen LogP contribution in [0, 0.1) is 0 Å². The highest BCUT2D eigenvalue weighted by Crippen LogP contribution is 2.22. The van der Waals surface area contributed by atoms with Gasteiger partial charge in [0.2, 0.25) is 20.6 Å². The summed E-state index contributed by atoms with van der Waals surface area (Å²) in [6.45, 7) is 0. The van der Waals surface area contributed by atoms with Gasteiger partial charge in [0.15, 0.2) is 0 Å². The van der Waals surface area contributed by atoms with Gasteiger partial charge in [-0.3, -0.25) is 0 Å². The average Bonchev–Trinajstić information content (AvgIpc) is 2.27. The fourth-order valence-corrected chi connectivity index (χ4v) is 3.11. The summed E-state index contributed by atoms with van der Waals surface area (Å²) in [7, 11) is -4.80. The Bertz CT molecular complexity index is 741. The number of hydrogen-bond donors (Lipinski definition) is 1. The predicted octanol–water partition coefficient (Wildman–Crippen LogP) is -0.334. The van der Waals surface area contributed by atoms with Crippen LogP contribution in [0.2, 0.25) is 0 Å². The van der Waals surface area contributed by atoms with Crippen LogP contribution >= 0.6 is 0 Å². The summed E-state index contributed by atoms with van der Waals surface area (Å²) in [5, 5.41) is 0. The maximum Gasteiger partial charge on any atom is 0.218 e. The fraction of sp³-hybridized carbons (Fsp3) is 0.200. The zero-order chi connectivity index (χ0) is 12.6. The number of rotatable bonds is 0. The van der Waals surface area contributed by atoms with Crippen LogP contribution in [0.3, 0.4) is 0 Å². The lowest BCUT2D eigenvalue weighted by molar-refractivity contribution is 0.626. The summed E-state index contributed by atoms with van der Waals surface area (Å²) in [6.07, 6.45) is 0.176. The number of fused-ring (bicyclic) bond motifs is 1. The van der Waals surface area contributed by atoms with Gasteiger partial charge in [-0.2, -0.15) is 16.8 Å². The van der Waals surface area contributed by atoms with Crippen LogP contribution in [0.5, 0.6) is 0 Å². The molecular formula is C10H9NO4S2. The molecule has 2 N–H and O–H groups in total. The van der Waals surface area contributed by atoms with Crippen molar-refractivity contribution in [1.29, 1.82) is 0 Å². The maximum absolute atomic E-state index is 11.1. The van der Waals surface area contributed by atoms with Gasteiger partial charge in [0.1, 0.15) is 0 Å². The van der Waals surface area contributed by atoms with Crippen LogP contribution in [-0.2, 0) is 27.0 Å². The zero-order valence-electron chi connectivity index (χ0n) is 8.67. The van der Waals surface area contributed by atoms with Crippen molar-refractivity contribution in [2.75, 3.05) is 5.73 Å². The molecule has 0 amide bonds. The minimum absolute atomic E-state index is 0.0668. The smallest absolute Gasteiger partial charge is 0.218 e. The van der Waals surface area contributed by atoms with Crippen LogP contribution < -0.4 is 5.73 Å². The standard InChI is InChI=1S/C10H9NO4S2/c11-7-2-1-6-3-8(16(12)13)5-10(17(14)15)9(6)4-7/h1-2,4H,3,5,11H2. The van der Waals surface area contributed by atoms with Gasteiger partial charge < -0.3 is 5.73 Å². The van der Waals surface area contributed by atoms with E-state index >= 15 is 0 Å². The van der Waals surface area contributed by atoms with E-state index in [4.69, 9.17) is 5.73 Å². The van der Waals surface area contributed by atoms with Crippen LogP contribution in [-0.4, -0.2) is 26.6 Å². The molecule has 1 aliphatic carbocycles. The molecule has 0 unspecified atom stereocenters. The molecule has 0 aliphatic heterocycles. The first kappa shape index (κ1) is 11.9. The molecule has 0 aromatic heterocycles. The molecule has 7 heteroatoms. The predicted molar refractivity (Wildman–Crippen MR) is 66.1 cm³/mol. The monoisotopic (exact) mass is 271 g/mol. The molecule has 1 aromatic carbocycles. The lowest BCUT2D eigenvalue weighted by Crippen LogP contribution is -2.22. The van der Waals surface area contributed by atoms with Crippen molar-refractivity contribution in [1.82, 2.24) is 0 Å². The molecule has 1 aliphatic rings. The molecule has 0 saturated carbocycles. The van der Waals surface area contributed by atoms with E-state index in [0.29, 0.717) is 16.8 Å². The Balaban J connectivity index is 2.80.